The lowest BCUT2D eigenvalue weighted by atomic mass is 10.1. The van der Waals surface area contributed by atoms with Gasteiger partial charge in [-0.05, 0) is 25.0 Å². The number of aromatic nitrogens is 2. The van der Waals surface area contributed by atoms with E-state index in [9.17, 15) is 0 Å². The molecule has 0 unspecified atom stereocenters. The molecule has 3 nitrogen and oxygen atoms in total. The predicted molar refractivity (Wildman–Crippen MR) is 80.4 cm³/mol. The fraction of sp³-hybridized carbons (Fsp3) is 0.438. The third kappa shape index (κ3) is 3.85. The molecular formula is C16H23N3. The first-order chi connectivity index (χ1) is 9.31. The van der Waals surface area contributed by atoms with Gasteiger partial charge in [0, 0.05) is 6.07 Å². The van der Waals surface area contributed by atoms with Gasteiger partial charge < -0.3 is 5.73 Å². The minimum Gasteiger partial charge on any atom is -0.384 e. The van der Waals surface area contributed by atoms with E-state index in [1.165, 1.54) is 32.1 Å². The van der Waals surface area contributed by atoms with Crippen LogP contribution in [0.1, 0.15) is 44.7 Å². The van der Waals surface area contributed by atoms with Crippen LogP contribution in [0.3, 0.4) is 0 Å². The summed E-state index contributed by atoms with van der Waals surface area (Å²) in [4.78, 5) is 0. The van der Waals surface area contributed by atoms with E-state index in [1.807, 2.05) is 41.1 Å². The molecule has 0 aliphatic heterocycles. The summed E-state index contributed by atoms with van der Waals surface area (Å²) < 4.78 is 1.82. The fourth-order valence-electron chi connectivity index (χ4n) is 2.25. The van der Waals surface area contributed by atoms with Crippen LogP contribution in [0.15, 0.2) is 36.4 Å². The molecule has 0 aliphatic rings. The van der Waals surface area contributed by atoms with Crippen molar-refractivity contribution in [2.24, 2.45) is 0 Å². The van der Waals surface area contributed by atoms with Crippen LogP contribution in [0.2, 0.25) is 0 Å². The van der Waals surface area contributed by atoms with Gasteiger partial charge in [0.05, 0.1) is 11.4 Å². The first-order valence-electron chi connectivity index (χ1n) is 7.21. The number of nitrogens with zero attached hydrogens (tertiary/aromatic N) is 2. The van der Waals surface area contributed by atoms with E-state index < -0.39 is 0 Å². The molecule has 0 aliphatic carbocycles. The zero-order valence-corrected chi connectivity index (χ0v) is 11.7. The Balaban J connectivity index is 1.94. The van der Waals surface area contributed by atoms with Crippen molar-refractivity contribution < 1.29 is 0 Å². The summed E-state index contributed by atoms with van der Waals surface area (Å²) in [6.07, 6.45) is 7.45. The number of benzene rings is 1. The van der Waals surface area contributed by atoms with E-state index in [-0.39, 0.29) is 0 Å². The second-order valence-electron chi connectivity index (χ2n) is 4.97. The molecule has 1 aromatic heterocycles. The van der Waals surface area contributed by atoms with Crippen molar-refractivity contribution in [3.8, 4) is 5.69 Å². The molecule has 3 heteroatoms. The lowest BCUT2D eigenvalue weighted by Crippen LogP contribution is -2.01. The molecule has 0 fully saturated rings. The Morgan fingerprint density at radius 2 is 1.79 bits per heavy atom. The topological polar surface area (TPSA) is 43.8 Å². The van der Waals surface area contributed by atoms with E-state index in [2.05, 4.69) is 12.0 Å². The SMILES string of the molecule is CCCCCCCc1cc(N)n(-c2ccccc2)n1. The molecular weight excluding hydrogens is 234 g/mol. The first kappa shape index (κ1) is 13.7. The number of nitrogen functional groups attached to an aromatic ring is 1. The van der Waals surface area contributed by atoms with Gasteiger partial charge in [0.25, 0.3) is 0 Å². The third-order valence-corrected chi connectivity index (χ3v) is 3.32. The van der Waals surface area contributed by atoms with Gasteiger partial charge in [-0.15, -0.1) is 0 Å². The highest BCUT2D eigenvalue weighted by molar-refractivity contribution is 5.42. The maximum Gasteiger partial charge on any atom is 0.127 e. The van der Waals surface area contributed by atoms with Gasteiger partial charge in [0.2, 0.25) is 0 Å². The molecule has 0 amide bonds. The molecule has 0 radical (unpaired) electrons. The zero-order chi connectivity index (χ0) is 13.5. The van der Waals surface area contributed by atoms with E-state index in [4.69, 9.17) is 5.73 Å². The summed E-state index contributed by atoms with van der Waals surface area (Å²) in [6, 6.07) is 12.0. The van der Waals surface area contributed by atoms with Crippen molar-refractivity contribution in [2.75, 3.05) is 5.73 Å². The lowest BCUT2D eigenvalue weighted by molar-refractivity contribution is 0.625. The monoisotopic (exact) mass is 257 g/mol. The number of anilines is 1. The molecule has 0 atom stereocenters. The Kier molecular flexibility index (Phi) is 5.01. The van der Waals surface area contributed by atoms with Gasteiger partial charge in [-0.25, -0.2) is 4.68 Å². The highest BCUT2D eigenvalue weighted by atomic mass is 15.3. The van der Waals surface area contributed by atoms with Gasteiger partial charge in [0.1, 0.15) is 5.82 Å². The van der Waals surface area contributed by atoms with Crippen LogP contribution in [0.25, 0.3) is 5.69 Å². The molecule has 2 N–H and O–H groups in total. The van der Waals surface area contributed by atoms with Crippen molar-refractivity contribution >= 4 is 5.82 Å². The average molecular weight is 257 g/mol. The summed E-state index contributed by atoms with van der Waals surface area (Å²) >= 11 is 0. The van der Waals surface area contributed by atoms with Crippen molar-refractivity contribution in [1.82, 2.24) is 9.78 Å². The maximum absolute atomic E-state index is 6.03. The Morgan fingerprint density at radius 1 is 1.05 bits per heavy atom. The number of hydrogen-bond donors (Lipinski definition) is 1. The zero-order valence-electron chi connectivity index (χ0n) is 11.7. The minimum atomic E-state index is 0.717. The molecule has 2 rings (SSSR count). The number of unbranched alkanes of at least 4 members (excludes halogenated alkanes) is 4. The number of aryl methyl sites for hydroxylation is 1. The fourth-order valence-corrected chi connectivity index (χ4v) is 2.25. The summed E-state index contributed by atoms with van der Waals surface area (Å²) in [5.41, 5.74) is 8.15. The molecule has 1 aromatic carbocycles. The summed E-state index contributed by atoms with van der Waals surface area (Å²) in [6.45, 7) is 2.24. The average Bonchev–Trinajstić information content (AvgIpc) is 2.81. The summed E-state index contributed by atoms with van der Waals surface area (Å²) in [5, 5.41) is 4.59. The molecule has 0 saturated heterocycles. The van der Waals surface area contributed by atoms with Gasteiger partial charge in [-0.3, -0.25) is 0 Å². The van der Waals surface area contributed by atoms with Gasteiger partial charge in [-0.2, -0.15) is 5.10 Å². The van der Waals surface area contributed by atoms with Crippen molar-refractivity contribution in [3.05, 3.63) is 42.1 Å². The van der Waals surface area contributed by atoms with E-state index >= 15 is 0 Å². The molecule has 0 bridgehead atoms. The summed E-state index contributed by atoms with van der Waals surface area (Å²) in [5.74, 6) is 0.717. The van der Waals surface area contributed by atoms with Gasteiger partial charge in [0.15, 0.2) is 0 Å². The number of para-hydroxylation sites is 1. The second kappa shape index (κ2) is 6.98. The van der Waals surface area contributed by atoms with E-state index in [1.54, 1.807) is 0 Å². The lowest BCUT2D eigenvalue weighted by Gasteiger charge is -2.02. The molecule has 19 heavy (non-hydrogen) atoms. The normalized spacial score (nSPS) is 10.8. The maximum atomic E-state index is 6.03. The largest absolute Gasteiger partial charge is 0.384 e. The molecule has 1 heterocycles. The van der Waals surface area contributed by atoms with Crippen LogP contribution in [0, 0.1) is 0 Å². The number of nitrogens with two attached hydrogens (primary N) is 1. The van der Waals surface area contributed by atoms with Crippen LogP contribution >= 0.6 is 0 Å². The Labute approximate surface area is 115 Å². The third-order valence-electron chi connectivity index (χ3n) is 3.32. The number of rotatable bonds is 7. The van der Waals surface area contributed by atoms with Crippen molar-refractivity contribution in [2.45, 2.75) is 45.4 Å². The van der Waals surface area contributed by atoms with Gasteiger partial charge >= 0.3 is 0 Å². The van der Waals surface area contributed by atoms with Crippen LogP contribution in [-0.4, -0.2) is 9.78 Å². The minimum absolute atomic E-state index is 0.717. The molecule has 0 spiro atoms. The standard InChI is InChI=1S/C16H23N3/c1-2-3-4-5-7-10-14-13-16(17)19(18-14)15-11-8-6-9-12-15/h6,8-9,11-13H,2-5,7,10,17H2,1H3. The Morgan fingerprint density at radius 3 is 2.53 bits per heavy atom. The van der Waals surface area contributed by atoms with E-state index in [0.29, 0.717) is 0 Å². The number of hydrogen-bond acceptors (Lipinski definition) is 2. The smallest absolute Gasteiger partial charge is 0.127 e. The predicted octanol–water partition coefficient (Wildman–Crippen LogP) is 3.97. The molecule has 102 valence electrons. The van der Waals surface area contributed by atoms with Crippen LogP contribution < -0.4 is 5.73 Å². The highest BCUT2D eigenvalue weighted by Gasteiger charge is 2.06. The van der Waals surface area contributed by atoms with Crippen LogP contribution in [0.4, 0.5) is 5.82 Å². The Bertz CT molecular complexity index is 488. The molecule has 0 saturated carbocycles. The quantitative estimate of drug-likeness (QED) is 0.763. The van der Waals surface area contributed by atoms with E-state index in [0.717, 1.165) is 23.6 Å². The van der Waals surface area contributed by atoms with Crippen molar-refractivity contribution in [3.63, 3.8) is 0 Å². The van der Waals surface area contributed by atoms with Crippen LogP contribution in [-0.2, 0) is 6.42 Å². The Hall–Kier alpha value is -1.77. The van der Waals surface area contributed by atoms with Crippen LogP contribution in [0.5, 0.6) is 0 Å². The van der Waals surface area contributed by atoms with Gasteiger partial charge in [-0.1, -0.05) is 50.8 Å². The second-order valence-corrected chi connectivity index (χ2v) is 4.97. The summed E-state index contributed by atoms with van der Waals surface area (Å²) in [7, 11) is 0. The highest BCUT2D eigenvalue weighted by Crippen LogP contribution is 2.16. The van der Waals surface area contributed by atoms with Crippen molar-refractivity contribution in [1.29, 1.82) is 0 Å². The first-order valence-corrected chi connectivity index (χ1v) is 7.21. The molecule has 2 aromatic rings.